The number of fused-ring (bicyclic) bond motifs is 1. The highest BCUT2D eigenvalue weighted by Crippen LogP contribution is 2.38. The lowest BCUT2D eigenvalue weighted by Crippen LogP contribution is -2.49. The lowest BCUT2D eigenvalue weighted by Gasteiger charge is -2.41. The van der Waals surface area contributed by atoms with Gasteiger partial charge in [0.2, 0.25) is 5.91 Å². The van der Waals surface area contributed by atoms with Gasteiger partial charge in [-0.2, -0.15) is 5.26 Å². The molecule has 19 heavy (non-hydrogen) atoms. The van der Waals surface area contributed by atoms with Crippen LogP contribution in [0.15, 0.2) is 30.3 Å². The van der Waals surface area contributed by atoms with Crippen LogP contribution in [0.3, 0.4) is 0 Å². The fraction of sp³-hybridized carbons (Fsp3) is 0.333. The van der Waals surface area contributed by atoms with E-state index in [0.29, 0.717) is 0 Å². The molecule has 0 aromatic heterocycles. The Morgan fingerprint density at radius 2 is 2.11 bits per heavy atom. The smallest absolute Gasteiger partial charge is 0.238 e. The molecule has 0 saturated carbocycles. The Labute approximate surface area is 117 Å². The Morgan fingerprint density at radius 1 is 1.42 bits per heavy atom. The van der Waals surface area contributed by atoms with E-state index in [4.69, 9.17) is 5.26 Å². The zero-order chi connectivity index (χ0) is 14.0. The number of nitrogens with zero attached hydrogens (tertiary/aromatic N) is 2. The van der Waals surface area contributed by atoms with Crippen molar-refractivity contribution < 1.29 is 4.79 Å². The van der Waals surface area contributed by atoms with Crippen molar-refractivity contribution in [3.05, 3.63) is 35.9 Å². The molecule has 0 aliphatic carbocycles. The minimum Gasteiger partial charge on any atom is -0.302 e. The molecule has 1 aromatic carbocycles. The number of allylic oxidation sites excluding steroid dienone is 1. The summed E-state index contributed by atoms with van der Waals surface area (Å²) >= 11 is 0.980. The van der Waals surface area contributed by atoms with Crippen molar-refractivity contribution in [2.45, 2.75) is 26.3 Å². The maximum absolute atomic E-state index is 12.4. The van der Waals surface area contributed by atoms with Crippen LogP contribution in [0.1, 0.15) is 26.3 Å². The molecule has 0 unspecified atom stereocenters. The number of thiocyanates is 1. The molecule has 1 aliphatic heterocycles. The number of carbonyl (C=O) groups excluding carboxylic acids is 1. The lowest BCUT2D eigenvalue weighted by molar-refractivity contribution is -0.116. The molecule has 2 rings (SSSR count). The van der Waals surface area contributed by atoms with Gasteiger partial charge in [-0.1, -0.05) is 24.3 Å². The van der Waals surface area contributed by atoms with E-state index in [1.54, 1.807) is 4.90 Å². The first kappa shape index (κ1) is 13.7. The number of carbonyl (C=O) groups is 1. The van der Waals surface area contributed by atoms with Crippen molar-refractivity contribution >= 4 is 28.9 Å². The van der Waals surface area contributed by atoms with Crippen molar-refractivity contribution in [2.24, 2.45) is 0 Å². The number of thioether (sulfide) groups is 1. The largest absolute Gasteiger partial charge is 0.302 e. The minimum absolute atomic E-state index is 0.0345. The number of nitriles is 1. The van der Waals surface area contributed by atoms with Crippen molar-refractivity contribution in [1.82, 2.24) is 0 Å². The van der Waals surface area contributed by atoms with E-state index in [2.05, 4.69) is 13.0 Å². The summed E-state index contributed by atoms with van der Waals surface area (Å²) in [5, 5.41) is 10.6. The number of hydrogen-bond donors (Lipinski definition) is 0. The molecular formula is C15H16N2OS. The van der Waals surface area contributed by atoms with Crippen LogP contribution in [0.4, 0.5) is 5.69 Å². The van der Waals surface area contributed by atoms with Gasteiger partial charge in [-0.25, -0.2) is 0 Å². The molecule has 0 fully saturated rings. The molecule has 1 amide bonds. The SMILES string of the molecule is CC1=CC(C)(C)N(C(=O)CSC#N)c2ccccc21. The predicted molar refractivity (Wildman–Crippen MR) is 79.7 cm³/mol. The van der Waals surface area contributed by atoms with E-state index in [0.717, 1.165) is 23.0 Å². The highest BCUT2D eigenvalue weighted by molar-refractivity contribution is 8.04. The highest BCUT2D eigenvalue weighted by Gasteiger charge is 2.35. The summed E-state index contributed by atoms with van der Waals surface area (Å²) in [6, 6.07) is 7.89. The number of benzene rings is 1. The van der Waals surface area contributed by atoms with E-state index >= 15 is 0 Å². The summed E-state index contributed by atoms with van der Waals surface area (Å²) < 4.78 is 0. The summed E-state index contributed by atoms with van der Waals surface area (Å²) in [6.07, 6.45) is 2.10. The molecule has 1 heterocycles. The summed E-state index contributed by atoms with van der Waals surface area (Å²) in [7, 11) is 0. The monoisotopic (exact) mass is 272 g/mol. The lowest BCUT2D eigenvalue weighted by atomic mass is 9.89. The van der Waals surface area contributed by atoms with Gasteiger partial charge in [-0.15, -0.1) is 0 Å². The summed E-state index contributed by atoms with van der Waals surface area (Å²) in [5.74, 6) is 0.147. The number of hydrogen-bond acceptors (Lipinski definition) is 3. The third-order valence-corrected chi connectivity index (χ3v) is 3.75. The zero-order valence-corrected chi connectivity index (χ0v) is 12.1. The van der Waals surface area contributed by atoms with E-state index in [-0.39, 0.29) is 17.2 Å². The molecular weight excluding hydrogens is 256 g/mol. The molecule has 3 nitrogen and oxygen atoms in total. The van der Waals surface area contributed by atoms with Gasteiger partial charge in [0.1, 0.15) is 5.40 Å². The molecule has 0 radical (unpaired) electrons. The Morgan fingerprint density at radius 3 is 2.79 bits per heavy atom. The van der Waals surface area contributed by atoms with E-state index < -0.39 is 0 Å². The highest BCUT2D eigenvalue weighted by atomic mass is 32.2. The second-order valence-electron chi connectivity index (χ2n) is 5.11. The molecule has 0 saturated heterocycles. The Kier molecular flexibility index (Phi) is 3.68. The third kappa shape index (κ3) is 2.52. The van der Waals surface area contributed by atoms with Crippen LogP contribution < -0.4 is 4.90 Å². The summed E-state index contributed by atoms with van der Waals surface area (Å²) in [4.78, 5) is 14.2. The predicted octanol–water partition coefficient (Wildman–Crippen LogP) is 3.43. The fourth-order valence-corrected chi connectivity index (χ4v) is 2.92. The molecule has 1 aromatic rings. The number of amides is 1. The van der Waals surface area contributed by atoms with Crippen LogP contribution >= 0.6 is 11.8 Å². The average molecular weight is 272 g/mol. The van der Waals surface area contributed by atoms with Gasteiger partial charge in [0.25, 0.3) is 0 Å². The maximum atomic E-state index is 12.4. The van der Waals surface area contributed by atoms with Gasteiger partial charge in [0.15, 0.2) is 0 Å². The van der Waals surface area contributed by atoms with E-state index in [9.17, 15) is 4.79 Å². The molecule has 98 valence electrons. The minimum atomic E-state index is -0.370. The molecule has 0 spiro atoms. The van der Waals surface area contributed by atoms with Gasteiger partial charge >= 0.3 is 0 Å². The number of anilines is 1. The van der Waals surface area contributed by atoms with Crippen LogP contribution in [-0.2, 0) is 4.79 Å². The molecule has 1 aliphatic rings. The second kappa shape index (κ2) is 5.10. The maximum Gasteiger partial charge on any atom is 0.238 e. The first-order valence-corrected chi connectivity index (χ1v) is 7.09. The van der Waals surface area contributed by atoms with Crippen LogP contribution in [0.25, 0.3) is 5.57 Å². The topological polar surface area (TPSA) is 44.1 Å². The summed E-state index contributed by atoms with van der Waals surface area (Å²) in [5.41, 5.74) is 2.82. The second-order valence-corrected chi connectivity index (χ2v) is 5.87. The standard InChI is InChI=1S/C15H16N2OS/c1-11-8-15(2,3)17(14(18)9-19-10-16)13-7-5-4-6-12(11)13/h4-8H,9H2,1-3H3. The van der Waals surface area contributed by atoms with Crippen LogP contribution in [-0.4, -0.2) is 17.2 Å². The molecule has 0 atom stereocenters. The quantitative estimate of drug-likeness (QED) is 0.775. The number of rotatable bonds is 2. The van der Waals surface area contributed by atoms with Crippen LogP contribution in [0.2, 0.25) is 0 Å². The van der Waals surface area contributed by atoms with E-state index in [1.165, 1.54) is 5.57 Å². The number of para-hydroxylation sites is 1. The van der Waals surface area contributed by atoms with Gasteiger partial charge < -0.3 is 4.90 Å². The first-order valence-electron chi connectivity index (χ1n) is 6.10. The zero-order valence-electron chi connectivity index (χ0n) is 11.3. The van der Waals surface area contributed by atoms with Crippen molar-refractivity contribution in [3.63, 3.8) is 0 Å². The average Bonchev–Trinajstić information content (AvgIpc) is 2.35. The normalized spacial score (nSPS) is 16.3. The summed E-state index contributed by atoms with van der Waals surface area (Å²) in [6.45, 7) is 6.09. The van der Waals surface area contributed by atoms with Crippen LogP contribution in [0, 0.1) is 10.7 Å². The third-order valence-electron chi connectivity index (χ3n) is 3.23. The molecule has 0 bridgehead atoms. The Balaban J connectivity index is 2.47. The van der Waals surface area contributed by atoms with Crippen LogP contribution in [0.5, 0.6) is 0 Å². The van der Waals surface area contributed by atoms with Crippen molar-refractivity contribution in [3.8, 4) is 5.40 Å². The van der Waals surface area contributed by atoms with Crippen molar-refractivity contribution in [1.29, 1.82) is 5.26 Å². The van der Waals surface area contributed by atoms with Gasteiger partial charge in [-0.05, 0) is 44.2 Å². The first-order chi connectivity index (χ1) is 8.97. The van der Waals surface area contributed by atoms with E-state index in [1.807, 2.05) is 43.5 Å². The van der Waals surface area contributed by atoms with Crippen molar-refractivity contribution in [2.75, 3.05) is 10.7 Å². The van der Waals surface area contributed by atoms with Gasteiger partial charge in [-0.3, -0.25) is 4.79 Å². The molecule has 0 N–H and O–H groups in total. The van der Waals surface area contributed by atoms with Gasteiger partial charge in [0, 0.05) is 5.56 Å². The Bertz CT molecular complexity index is 584. The molecule has 4 heteroatoms. The fourth-order valence-electron chi connectivity index (χ4n) is 2.60. The Hall–Kier alpha value is -1.73. The van der Waals surface area contributed by atoms with Gasteiger partial charge in [0.05, 0.1) is 17.0 Å².